The molecule has 0 N–H and O–H groups in total. The molecule has 1 spiro atoms. The minimum absolute atomic E-state index is 0.513. The van der Waals surface area contributed by atoms with Crippen LogP contribution in [0.3, 0.4) is 0 Å². The zero-order chi connectivity index (χ0) is 25.4. The molecule has 1 aliphatic heterocycles. The Bertz CT molecular complexity index is 835. The quantitative estimate of drug-likeness (QED) is 0.304. The monoisotopic (exact) mass is 475 g/mol. The highest BCUT2D eigenvalue weighted by molar-refractivity contribution is 5.38. The van der Waals surface area contributed by atoms with Gasteiger partial charge in [0, 0.05) is 18.8 Å². The van der Waals surface area contributed by atoms with E-state index in [4.69, 9.17) is 0 Å². The van der Waals surface area contributed by atoms with E-state index in [-0.39, 0.29) is 0 Å². The molecule has 1 saturated heterocycles. The Labute approximate surface area is 217 Å². The summed E-state index contributed by atoms with van der Waals surface area (Å²) in [7, 11) is 0. The van der Waals surface area contributed by atoms with Crippen molar-refractivity contribution in [2.75, 3.05) is 13.1 Å². The first-order valence-electron chi connectivity index (χ1n) is 14.6. The zero-order valence-electron chi connectivity index (χ0n) is 23.7. The molecule has 0 bridgehead atoms. The average molecular weight is 476 g/mol. The Morgan fingerprint density at radius 3 is 2.34 bits per heavy atom. The highest BCUT2D eigenvalue weighted by Crippen LogP contribution is 2.53. The largest absolute Gasteiger partial charge is 0.371 e. The van der Waals surface area contributed by atoms with Crippen molar-refractivity contribution in [3.05, 3.63) is 72.0 Å². The standard InChI is InChI=1S/C34H53N/c1-8-12-30-23-33(31-13-10-9-11-14-31)25-34(24-30)17-19-35(20-18-34)29(7)32(22-27(4)5)16-15-28(6)21-26(2)3/h9-11,13-16,22,26-28,30,33H,7-8,12,17-21,23-25H2,1-6H3/b16-15-,32-22+. The number of benzene rings is 1. The summed E-state index contributed by atoms with van der Waals surface area (Å²) < 4.78 is 0. The van der Waals surface area contributed by atoms with Gasteiger partial charge in [0.25, 0.3) is 0 Å². The van der Waals surface area contributed by atoms with Crippen LogP contribution in [-0.4, -0.2) is 18.0 Å². The fourth-order valence-corrected chi connectivity index (χ4v) is 6.93. The van der Waals surface area contributed by atoms with Crippen molar-refractivity contribution in [1.29, 1.82) is 0 Å². The minimum Gasteiger partial charge on any atom is -0.371 e. The molecule has 1 aliphatic carbocycles. The van der Waals surface area contributed by atoms with Gasteiger partial charge in [0.05, 0.1) is 0 Å². The highest BCUT2D eigenvalue weighted by Gasteiger charge is 2.42. The van der Waals surface area contributed by atoms with E-state index in [1.165, 1.54) is 62.6 Å². The maximum atomic E-state index is 4.62. The maximum Gasteiger partial charge on any atom is 0.0363 e. The molecule has 0 radical (unpaired) electrons. The number of hydrogen-bond acceptors (Lipinski definition) is 1. The van der Waals surface area contributed by atoms with E-state index in [1.54, 1.807) is 5.56 Å². The number of likely N-dealkylation sites (tertiary alicyclic amines) is 1. The molecule has 1 heterocycles. The molecule has 0 amide bonds. The van der Waals surface area contributed by atoms with Crippen LogP contribution in [0.15, 0.2) is 66.4 Å². The fraction of sp³-hybridized carbons (Fsp3) is 0.647. The molecule has 1 aromatic carbocycles. The van der Waals surface area contributed by atoms with E-state index in [9.17, 15) is 0 Å². The lowest BCUT2D eigenvalue weighted by molar-refractivity contribution is 0.0452. The van der Waals surface area contributed by atoms with E-state index in [2.05, 4.69) is 102 Å². The molecule has 1 saturated carbocycles. The third-order valence-corrected chi connectivity index (χ3v) is 8.49. The van der Waals surface area contributed by atoms with E-state index in [0.29, 0.717) is 17.3 Å². The number of hydrogen-bond donors (Lipinski definition) is 0. The molecule has 1 heteroatoms. The molecule has 194 valence electrons. The molecule has 2 aliphatic rings. The molecule has 2 fully saturated rings. The molecular weight excluding hydrogens is 422 g/mol. The molecular formula is C34H53N. The SMILES string of the molecule is C=C(C(/C=C\C(C)CC(C)C)=C/C(C)C)N1CCC2(CC1)CC(CCC)CC(c1ccccc1)C2. The lowest BCUT2D eigenvalue weighted by Gasteiger charge is -2.50. The lowest BCUT2D eigenvalue weighted by atomic mass is 9.59. The van der Waals surface area contributed by atoms with E-state index < -0.39 is 0 Å². The van der Waals surface area contributed by atoms with Gasteiger partial charge in [-0.05, 0) is 84.7 Å². The van der Waals surface area contributed by atoms with Gasteiger partial charge in [-0.15, -0.1) is 0 Å². The molecule has 35 heavy (non-hydrogen) atoms. The van der Waals surface area contributed by atoms with Crippen molar-refractivity contribution in [3.63, 3.8) is 0 Å². The lowest BCUT2D eigenvalue weighted by Crippen LogP contribution is -2.43. The van der Waals surface area contributed by atoms with Gasteiger partial charge in [-0.25, -0.2) is 0 Å². The van der Waals surface area contributed by atoms with Crippen molar-refractivity contribution in [2.45, 2.75) is 98.8 Å². The van der Waals surface area contributed by atoms with Gasteiger partial charge in [0.15, 0.2) is 0 Å². The van der Waals surface area contributed by atoms with E-state index in [1.807, 2.05) is 0 Å². The van der Waals surface area contributed by atoms with Crippen molar-refractivity contribution < 1.29 is 0 Å². The van der Waals surface area contributed by atoms with Crippen LogP contribution in [0.25, 0.3) is 0 Å². The summed E-state index contributed by atoms with van der Waals surface area (Å²) in [6.07, 6.45) is 18.0. The second-order valence-corrected chi connectivity index (χ2v) is 12.7. The van der Waals surface area contributed by atoms with Gasteiger partial charge in [0.1, 0.15) is 0 Å². The first kappa shape index (κ1) is 27.8. The predicted molar refractivity (Wildman–Crippen MR) is 154 cm³/mol. The summed E-state index contributed by atoms with van der Waals surface area (Å²) in [5, 5.41) is 0. The van der Waals surface area contributed by atoms with Gasteiger partial charge in [-0.2, -0.15) is 0 Å². The molecule has 0 aromatic heterocycles. The van der Waals surface area contributed by atoms with Gasteiger partial charge in [0.2, 0.25) is 0 Å². The van der Waals surface area contributed by atoms with Crippen molar-refractivity contribution in [2.24, 2.45) is 29.1 Å². The highest BCUT2D eigenvalue weighted by atomic mass is 15.1. The third kappa shape index (κ3) is 8.12. The Kier molecular flexibility index (Phi) is 10.3. The van der Waals surface area contributed by atoms with Crippen LogP contribution >= 0.6 is 0 Å². The topological polar surface area (TPSA) is 3.24 Å². The predicted octanol–water partition coefficient (Wildman–Crippen LogP) is 9.79. The van der Waals surface area contributed by atoms with Crippen LogP contribution in [0.5, 0.6) is 0 Å². The summed E-state index contributed by atoms with van der Waals surface area (Å²) in [5.41, 5.74) is 4.66. The van der Waals surface area contributed by atoms with E-state index >= 15 is 0 Å². The van der Waals surface area contributed by atoms with Crippen LogP contribution in [0.2, 0.25) is 0 Å². The van der Waals surface area contributed by atoms with Gasteiger partial charge >= 0.3 is 0 Å². The molecule has 3 atom stereocenters. The average Bonchev–Trinajstić information content (AvgIpc) is 2.82. The second-order valence-electron chi connectivity index (χ2n) is 12.7. The fourth-order valence-electron chi connectivity index (χ4n) is 6.93. The minimum atomic E-state index is 0.513. The van der Waals surface area contributed by atoms with Crippen LogP contribution in [0.4, 0.5) is 0 Å². The third-order valence-electron chi connectivity index (χ3n) is 8.49. The molecule has 3 rings (SSSR count). The van der Waals surface area contributed by atoms with Crippen LogP contribution in [0.1, 0.15) is 104 Å². The summed E-state index contributed by atoms with van der Waals surface area (Å²) in [5.74, 6) is 3.49. The first-order valence-corrected chi connectivity index (χ1v) is 14.6. The van der Waals surface area contributed by atoms with Crippen LogP contribution in [-0.2, 0) is 0 Å². The van der Waals surface area contributed by atoms with Crippen LogP contribution < -0.4 is 0 Å². The molecule has 3 unspecified atom stereocenters. The van der Waals surface area contributed by atoms with Crippen molar-refractivity contribution in [3.8, 4) is 0 Å². The van der Waals surface area contributed by atoms with Crippen molar-refractivity contribution >= 4 is 0 Å². The Morgan fingerprint density at radius 2 is 1.74 bits per heavy atom. The Morgan fingerprint density at radius 1 is 1.06 bits per heavy atom. The summed E-state index contributed by atoms with van der Waals surface area (Å²) in [6.45, 7) is 20.8. The summed E-state index contributed by atoms with van der Waals surface area (Å²) in [4.78, 5) is 2.60. The number of nitrogens with zero attached hydrogens (tertiary/aromatic N) is 1. The second kappa shape index (κ2) is 13.0. The smallest absolute Gasteiger partial charge is 0.0363 e. The molecule has 1 nitrogen and oxygen atoms in total. The van der Waals surface area contributed by atoms with Crippen LogP contribution in [0, 0.1) is 29.1 Å². The van der Waals surface area contributed by atoms with E-state index in [0.717, 1.165) is 30.8 Å². The van der Waals surface area contributed by atoms with Gasteiger partial charge in [-0.3, -0.25) is 0 Å². The molecule has 1 aromatic rings. The van der Waals surface area contributed by atoms with Gasteiger partial charge in [-0.1, -0.05) is 110 Å². The maximum absolute atomic E-state index is 4.62. The Balaban J connectivity index is 1.70. The Hall–Kier alpha value is -1.76. The number of rotatable bonds is 10. The normalized spacial score (nSPS) is 24.0. The van der Waals surface area contributed by atoms with Crippen molar-refractivity contribution in [1.82, 2.24) is 4.90 Å². The first-order chi connectivity index (χ1) is 16.7. The number of allylic oxidation sites excluding steroid dienone is 3. The van der Waals surface area contributed by atoms with Gasteiger partial charge < -0.3 is 4.90 Å². The summed E-state index contributed by atoms with van der Waals surface area (Å²) >= 11 is 0. The zero-order valence-corrected chi connectivity index (χ0v) is 23.7. The summed E-state index contributed by atoms with van der Waals surface area (Å²) in [6, 6.07) is 11.4. The number of piperidine rings is 1.